The van der Waals surface area contributed by atoms with Gasteiger partial charge in [-0.25, -0.2) is 13.1 Å². The number of hydrogen-bond donors (Lipinski definition) is 2. The van der Waals surface area contributed by atoms with Crippen LogP contribution in [0, 0.1) is 0 Å². The zero-order chi connectivity index (χ0) is 16.0. The molecule has 122 valence electrons. The fourth-order valence-electron chi connectivity index (χ4n) is 1.95. The minimum absolute atomic E-state index is 0.0375. The molecule has 2 rings (SSSR count). The van der Waals surface area contributed by atoms with Gasteiger partial charge in [-0.05, 0) is 18.6 Å². The minimum Gasteiger partial charge on any atom is -0.454 e. The molecule has 1 heterocycles. The number of hydrogen-bond acceptors (Lipinski definition) is 5. The molecule has 1 aliphatic heterocycles. The lowest BCUT2D eigenvalue weighted by molar-refractivity contribution is -0.119. The number of nitrogens with one attached hydrogen (secondary N) is 2. The highest BCUT2D eigenvalue weighted by Crippen LogP contribution is 2.33. The number of amides is 1. The fraction of sp³-hybridized carbons (Fsp3) is 0.500. The Morgan fingerprint density at radius 2 is 2.00 bits per heavy atom. The van der Waals surface area contributed by atoms with Crippen LogP contribution in [0.3, 0.4) is 0 Å². The van der Waals surface area contributed by atoms with Crippen LogP contribution in [0.2, 0.25) is 0 Å². The van der Waals surface area contributed by atoms with E-state index in [1.165, 1.54) is 18.2 Å². The highest BCUT2D eigenvalue weighted by atomic mass is 32.2. The summed E-state index contributed by atoms with van der Waals surface area (Å²) in [4.78, 5) is 11.6. The molecule has 22 heavy (non-hydrogen) atoms. The van der Waals surface area contributed by atoms with E-state index in [-0.39, 0.29) is 24.1 Å². The Bertz CT molecular complexity index is 630. The largest absolute Gasteiger partial charge is 0.454 e. The van der Waals surface area contributed by atoms with Crippen molar-refractivity contribution >= 4 is 15.9 Å². The number of ether oxygens (including phenoxy) is 2. The molecule has 1 aromatic rings. The van der Waals surface area contributed by atoms with Crippen LogP contribution < -0.4 is 19.5 Å². The zero-order valence-electron chi connectivity index (χ0n) is 12.4. The van der Waals surface area contributed by atoms with Gasteiger partial charge in [0.1, 0.15) is 0 Å². The van der Waals surface area contributed by atoms with E-state index in [2.05, 4.69) is 17.0 Å². The number of carbonyl (C=O) groups is 1. The second kappa shape index (κ2) is 7.46. The molecular weight excluding hydrogens is 308 g/mol. The van der Waals surface area contributed by atoms with Gasteiger partial charge in [-0.15, -0.1) is 0 Å². The van der Waals surface area contributed by atoms with Crippen molar-refractivity contribution in [2.24, 2.45) is 0 Å². The van der Waals surface area contributed by atoms with Gasteiger partial charge in [0.25, 0.3) is 0 Å². The lowest BCUT2D eigenvalue weighted by Gasteiger charge is -2.08. The topological polar surface area (TPSA) is 93.7 Å². The number of fused-ring (bicyclic) bond motifs is 1. The van der Waals surface area contributed by atoms with Crippen molar-refractivity contribution < 1.29 is 22.7 Å². The summed E-state index contributed by atoms with van der Waals surface area (Å²) in [6.45, 7) is 2.41. The van der Waals surface area contributed by atoms with Gasteiger partial charge in [0.2, 0.25) is 22.7 Å². The monoisotopic (exact) mass is 328 g/mol. The van der Waals surface area contributed by atoms with Crippen molar-refractivity contribution in [1.82, 2.24) is 10.0 Å². The van der Waals surface area contributed by atoms with Gasteiger partial charge in [0.15, 0.2) is 11.5 Å². The Morgan fingerprint density at radius 3 is 2.77 bits per heavy atom. The first-order chi connectivity index (χ1) is 10.5. The van der Waals surface area contributed by atoms with Crippen LogP contribution in [0.15, 0.2) is 23.1 Å². The molecule has 0 spiro atoms. The first-order valence-corrected chi connectivity index (χ1v) is 8.67. The molecule has 0 saturated heterocycles. The van der Waals surface area contributed by atoms with Gasteiger partial charge in [-0.1, -0.05) is 19.8 Å². The van der Waals surface area contributed by atoms with Crippen LogP contribution >= 0.6 is 0 Å². The number of rotatable bonds is 8. The minimum atomic E-state index is -3.76. The Labute approximate surface area is 130 Å². The Hall–Kier alpha value is -1.80. The van der Waals surface area contributed by atoms with Gasteiger partial charge in [0, 0.05) is 12.6 Å². The van der Waals surface area contributed by atoms with E-state index in [4.69, 9.17) is 9.47 Å². The van der Waals surface area contributed by atoms with Crippen LogP contribution in [0.25, 0.3) is 0 Å². The van der Waals surface area contributed by atoms with Crippen molar-refractivity contribution in [3.63, 3.8) is 0 Å². The summed E-state index contributed by atoms with van der Waals surface area (Å²) >= 11 is 0. The van der Waals surface area contributed by atoms with Crippen LogP contribution in [0.1, 0.15) is 26.2 Å². The van der Waals surface area contributed by atoms with Gasteiger partial charge in [-0.2, -0.15) is 0 Å². The summed E-state index contributed by atoms with van der Waals surface area (Å²) in [7, 11) is -3.76. The van der Waals surface area contributed by atoms with Crippen molar-refractivity contribution in [2.45, 2.75) is 31.1 Å². The Kier molecular flexibility index (Phi) is 5.62. The van der Waals surface area contributed by atoms with Gasteiger partial charge >= 0.3 is 0 Å². The standard InChI is InChI=1S/C14H20N2O5S/c1-2-3-4-7-15-14(17)9-16-22(18,19)11-5-6-12-13(8-11)21-10-20-12/h5-6,8,16H,2-4,7,9-10H2,1H3,(H,15,17). The third-order valence-corrected chi connectivity index (χ3v) is 4.58. The zero-order valence-corrected chi connectivity index (χ0v) is 13.2. The third kappa shape index (κ3) is 4.35. The molecule has 2 N–H and O–H groups in total. The van der Waals surface area contributed by atoms with Crippen molar-refractivity contribution in [1.29, 1.82) is 0 Å². The number of sulfonamides is 1. The third-order valence-electron chi connectivity index (χ3n) is 3.18. The Balaban J connectivity index is 1.87. The molecule has 8 heteroatoms. The SMILES string of the molecule is CCCCCNC(=O)CNS(=O)(=O)c1ccc2c(c1)OCO2. The van der Waals surface area contributed by atoms with E-state index in [9.17, 15) is 13.2 Å². The molecule has 1 amide bonds. The number of unbranched alkanes of at least 4 members (excludes halogenated alkanes) is 2. The molecular formula is C14H20N2O5S. The van der Waals surface area contributed by atoms with Crippen molar-refractivity contribution in [3.8, 4) is 11.5 Å². The molecule has 0 aliphatic carbocycles. The first-order valence-electron chi connectivity index (χ1n) is 7.19. The second-order valence-corrected chi connectivity index (χ2v) is 6.66. The molecule has 0 atom stereocenters. The highest BCUT2D eigenvalue weighted by molar-refractivity contribution is 7.89. The van der Waals surface area contributed by atoms with Crippen molar-refractivity contribution in [2.75, 3.05) is 19.9 Å². The maximum absolute atomic E-state index is 12.1. The molecule has 0 bridgehead atoms. The summed E-state index contributed by atoms with van der Waals surface area (Å²) in [5.74, 6) is 0.542. The maximum Gasteiger partial charge on any atom is 0.241 e. The molecule has 0 saturated carbocycles. The van der Waals surface area contributed by atoms with Crippen LogP contribution in [-0.4, -0.2) is 34.2 Å². The normalized spacial score (nSPS) is 13.1. The van der Waals surface area contributed by atoms with Crippen molar-refractivity contribution in [3.05, 3.63) is 18.2 Å². The molecule has 1 aromatic carbocycles. The summed E-state index contributed by atoms with van der Waals surface area (Å²) in [5.41, 5.74) is 0. The first kappa shape index (κ1) is 16.6. The van der Waals surface area contributed by atoms with E-state index < -0.39 is 10.0 Å². The average molecular weight is 328 g/mol. The predicted molar refractivity (Wildman–Crippen MR) is 80.3 cm³/mol. The summed E-state index contributed by atoms with van der Waals surface area (Å²) in [6, 6.07) is 4.32. The second-order valence-electron chi connectivity index (χ2n) is 4.90. The van der Waals surface area contributed by atoms with Gasteiger partial charge < -0.3 is 14.8 Å². The van der Waals surface area contributed by atoms with Gasteiger partial charge in [-0.3, -0.25) is 4.79 Å². The predicted octanol–water partition coefficient (Wildman–Crippen LogP) is 1.00. The highest BCUT2D eigenvalue weighted by Gasteiger charge is 2.20. The lowest BCUT2D eigenvalue weighted by Crippen LogP contribution is -2.37. The lowest BCUT2D eigenvalue weighted by atomic mass is 10.2. The molecule has 0 unspecified atom stereocenters. The number of benzene rings is 1. The van der Waals surface area contributed by atoms with E-state index >= 15 is 0 Å². The van der Waals surface area contributed by atoms with E-state index in [0.717, 1.165) is 19.3 Å². The molecule has 0 fully saturated rings. The van der Waals surface area contributed by atoms with E-state index in [1.54, 1.807) is 0 Å². The van der Waals surface area contributed by atoms with E-state index in [0.29, 0.717) is 18.0 Å². The van der Waals surface area contributed by atoms with Crippen LogP contribution in [-0.2, 0) is 14.8 Å². The average Bonchev–Trinajstić information content (AvgIpc) is 2.97. The summed E-state index contributed by atoms with van der Waals surface area (Å²) in [6.07, 6.45) is 2.98. The summed E-state index contributed by atoms with van der Waals surface area (Å²) in [5, 5.41) is 2.67. The van der Waals surface area contributed by atoms with Crippen LogP contribution in [0.4, 0.5) is 0 Å². The van der Waals surface area contributed by atoms with Gasteiger partial charge in [0.05, 0.1) is 11.4 Å². The molecule has 7 nitrogen and oxygen atoms in total. The Morgan fingerprint density at radius 1 is 1.23 bits per heavy atom. The fourth-order valence-corrected chi connectivity index (χ4v) is 2.95. The maximum atomic E-state index is 12.1. The summed E-state index contributed by atoms with van der Waals surface area (Å²) < 4.78 is 36.8. The van der Waals surface area contributed by atoms with Crippen LogP contribution in [0.5, 0.6) is 11.5 Å². The molecule has 0 radical (unpaired) electrons. The smallest absolute Gasteiger partial charge is 0.241 e. The van der Waals surface area contributed by atoms with E-state index in [1.807, 2.05) is 0 Å². The molecule has 0 aromatic heterocycles. The number of carbonyl (C=O) groups excluding carboxylic acids is 1. The molecule has 1 aliphatic rings. The quantitative estimate of drug-likeness (QED) is 0.694.